The first-order valence-electron chi connectivity index (χ1n) is 19.4. The van der Waals surface area contributed by atoms with Crippen molar-refractivity contribution in [3.05, 3.63) is 41.0 Å². The van der Waals surface area contributed by atoms with E-state index in [-0.39, 0.29) is 33.8 Å². The average molecular weight is 659 g/mol. The SMILES string of the molecule is CC(C)C1=C2C(CCN(CCN(C)C)C(=O)c3ccc(O)cc3)(CCC3C2(C)CCC2C3(C)CCC3C(C)(C)C(C)CCC32C)CC1=O. The zero-order valence-corrected chi connectivity index (χ0v) is 32.0. The summed E-state index contributed by atoms with van der Waals surface area (Å²) in [4.78, 5) is 32.2. The number of likely N-dealkylation sites (N-methyl/N-ethyl adjacent to an activating group) is 1. The second-order valence-electron chi connectivity index (χ2n) is 19.2. The van der Waals surface area contributed by atoms with Gasteiger partial charge in [0.1, 0.15) is 5.75 Å². The van der Waals surface area contributed by atoms with Crippen LogP contribution in [-0.2, 0) is 4.79 Å². The van der Waals surface area contributed by atoms with Gasteiger partial charge in [0.05, 0.1) is 0 Å². The number of amides is 1. The molecule has 266 valence electrons. The first kappa shape index (κ1) is 35.7. The van der Waals surface area contributed by atoms with Gasteiger partial charge >= 0.3 is 0 Å². The van der Waals surface area contributed by atoms with E-state index in [0.29, 0.717) is 47.6 Å². The summed E-state index contributed by atoms with van der Waals surface area (Å²) in [7, 11) is 4.10. The van der Waals surface area contributed by atoms with E-state index < -0.39 is 0 Å². The lowest BCUT2D eigenvalue weighted by Gasteiger charge is -2.71. The fourth-order valence-electron chi connectivity index (χ4n) is 13.3. The molecule has 8 atom stereocenters. The van der Waals surface area contributed by atoms with Gasteiger partial charge in [0.15, 0.2) is 5.78 Å². The van der Waals surface area contributed by atoms with E-state index in [2.05, 4.69) is 74.4 Å². The number of hydrogen-bond donors (Lipinski definition) is 1. The number of phenols is 1. The van der Waals surface area contributed by atoms with Crippen LogP contribution >= 0.6 is 0 Å². The third kappa shape index (κ3) is 5.43. The quantitative estimate of drug-likeness (QED) is 0.302. The highest BCUT2D eigenvalue weighted by molar-refractivity contribution is 6.01. The Bertz CT molecular complexity index is 1440. The maximum Gasteiger partial charge on any atom is 0.253 e. The predicted molar refractivity (Wildman–Crippen MR) is 196 cm³/mol. The second-order valence-corrected chi connectivity index (χ2v) is 19.2. The molecule has 48 heavy (non-hydrogen) atoms. The number of aromatic hydroxyl groups is 1. The van der Waals surface area contributed by atoms with Crippen LogP contribution in [-0.4, -0.2) is 60.3 Å². The van der Waals surface area contributed by atoms with Crippen molar-refractivity contribution < 1.29 is 14.7 Å². The maximum absolute atomic E-state index is 14.2. The molecule has 0 heterocycles. The van der Waals surface area contributed by atoms with Crippen molar-refractivity contribution in [3.63, 3.8) is 0 Å². The molecule has 0 bridgehead atoms. The van der Waals surface area contributed by atoms with Gasteiger partial charge in [0.2, 0.25) is 0 Å². The third-order valence-corrected chi connectivity index (χ3v) is 15.9. The Morgan fingerprint density at radius 1 is 0.833 bits per heavy atom. The Kier molecular flexibility index (Phi) is 9.12. The summed E-state index contributed by atoms with van der Waals surface area (Å²) in [6, 6.07) is 6.66. The molecular weight excluding hydrogens is 592 g/mol. The Labute approximate surface area is 292 Å². The third-order valence-electron chi connectivity index (χ3n) is 15.9. The van der Waals surface area contributed by atoms with Crippen molar-refractivity contribution in [2.45, 2.75) is 120 Å². The smallest absolute Gasteiger partial charge is 0.253 e. The van der Waals surface area contributed by atoms with Crippen LogP contribution < -0.4 is 0 Å². The zero-order chi connectivity index (χ0) is 35.0. The highest BCUT2D eigenvalue weighted by Crippen LogP contribution is 2.76. The lowest BCUT2D eigenvalue weighted by molar-refractivity contribution is -0.204. The number of benzene rings is 1. The molecule has 0 spiro atoms. The van der Waals surface area contributed by atoms with Crippen molar-refractivity contribution in [2.75, 3.05) is 33.7 Å². The minimum Gasteiger partial charge on any atom is -0.508 e. The molecule has 0 aromatic heterocycles. The molecule has 0 aliphatic heterocycles. The Morgan fingerprint density at radius 2 is 1.44 bits per heavy atom. The topological polar surface area (TPSA) is 60.9 Å². The molecule has 6 rings (SSSR count). The number of hydrogen-bond acceptors (Lipinski definition) is 4. The summed E-state index contributed by atoms with van der Waals surface area (Å²) in [6.45, 7) is 22.1. The van der Waals surface area contributed by atoms with Crippen LogP contribution in [0.2, 0.25) is 0 Å². The molecule has 0 radical (unpaired) electrons. The average Bonchev–Trinajstić information content (AvgIpc) is 3.32. The number of Topliss-reactive ketones (excluding diaryl/α,β-unsaturated/α-hetero) is 1. The van der Waals surface area contributed by atoms with Crippen LogP contribution in [0.15, 0.2) is 35.4 Å². The largest absolute Gasteiger partial charge is 0.508 e. The van der Waals surface area contributed by atoms with Crippen molar-refractivity contribution >= 4 is 11.7 Å². The Morgan fingerprint density at radius 3 is 2.08 bits per heavy atom. The first-order valence-corrected chi connectivity index (χ1v) is 19.4. The van der Waals surface area contributed by atoms with Crippen LogP contribution in [0.25, 0.3) is 0 Å². The Balaban J connectivity index is 1.34. The molecule has 4 fully saturated rings. The minimum absolute atomic E-state index is 0.00910. The molecule has 1 N–H and O–H groups in total. The molecule has 5 aliphatic carbocycles. The van der Waals surface area contributed by atoms with Crippen LogP contribution in [0.5, 0.6) is 5.75 Å². The van der Waals surface area contributed by atoms with Gasteiger partial charge in [-0.2, -0.15) is 0 Å². The number of phenolic OH excluding ortho intramolecular Hbond substituents is 1. The number of fused-ring (bicyclic) bond motifs is 7. The molecule has 8 unspecified atom stereocenters. The lowest BCUT2D eigenvalue weighted by atomic mass is 9.34. The van der Waals surface area contributed by atoms with Gasteiger partial charge in [-0.05, 0) is 153 Å². The molecule has 5 heteroatoms. The summed E-state index contributed by atoms with van der Waals surface area (Å²) < 4.78 is 0. The molecular formula is C43H66N2O3. The molecule has 5 aliphatic rings. The van der Waals surface area contributed by atoms with Crippen molar-refractivity contribution in [2.24, 2.45) is 56.7 Å². The monoisotopic (exact) mass is 659 g/mol. The summed E-state index contributed by atoms with van der Waals surface area (Å²) in [5.41, 5.74) is 4.18. The highest BCUT2D eigenvalue weighted by atomic mass is 16.3. The molecule has 1 aromatic carbocycles. The second kappa shape index (κ2) is 12.3. The van der Waals surface area contributed by atoms with Gasteiger partial charge in [0, 0.05) is 37.0 Å². The van der Waals surface area contributed by atoms with E-state index in [1.807, 2.05) is 4.90 Å². The summed E-state index contributed by atoms with van der Waals surface area (Å²) in [5, 5.41) is 9.87. The van der Waals surface area contributed by atoms with Crippen molar-refractivity contribution in [1.29, 1.82) is 0 Å². The van der Waals surface area contributed by atoms with E-state index in [9.17, 15) is 14.7 Å². The molecule has 5 nitrogen and oxygen atoms in total. The van der Waals surface area contributed by atoms with E-state index >= 15 is 0 Å². The molecule has 0 saturated heterocycles. The summed E-state index contributed by atoms with van der Waals surface area (Å²) in [5.74, 6) is 3.67. The van der Waals surface area contributed by atoms with Crippen LogP contribution in [0.1, 0.15) is 130 Å². The molecule has 1 aromatic rings. The number of rotatable bonds is 8. The number of carbonyl (C=O) groups excluding carboxylic acids is 2. The number of nitrogens with zero attached hydrogens (tertiary/aromatic N) is 2. The number of carbonyl (C=O) groups is 2. The highest BCUT2D eigenvalue weighted by Gasteiger charge is 2.68. The van der Waals surface area contributed by atoms with Gasteiger partial charge in [-0.3, -0.25) is 9.59 Å². The first-order chi connectivity index (χ1) is 22.4. The minimum atomic E-state index is -0.167. The van der Waals surface area contributed by atoms with Crippen LogP contribution in [0, 0.1) is 56.7 Å². The number of allylic oxidation sites excluding steroid dienone is 2. The van der Waals surface area contributed by atoms with E-state index in [0.717, 1.165) is 42.7 Å². The standard InChI is InChI=1S/C43H66N2O3/c1-28(2)36-32(47)27-43(23-24-45(26-25-44(9)10)38(48)30-11-13-31(46)14-12-30)22-18-35-41(7)20-16-33-39(4,5)29(3)15-19-40(33,6)34(41)17-21-42(35,8)37(36)43/h11-14,28-29,33-35,46H,15-27H2,1-10H3. The fraction of sp³-hybridized carbons (Fsp3) is 0.767. The van der Waals surface area contributed by atoms with Crippen LogP contribution in [0.4, 0.5) is 0 Å². The van der Waals surface area contributed by atoms with E-state index in [1.165, 1.54) is 50.5 Å². The molecule has 4 saturated carbocycles. The van der Waals surface area contributed by atoms with Crippen molar-refractivity contribution in [3.8, 4) is 5.75 Å². The molecule has 1 amide bonds. The zero-order valence-electron chi connectivity index (χ0n) is 32.0. The number of ketones is 1. The van der Waals surface area contributed by atoms with Crippen molar-refractivity contribution in [1.82, 2.24) is 9.80 Å². The van der Waals surface area contributed by atoms with Gasteiger partial charge in [-0.15, -0.1) is 0 Å². The lowest BCUT2D eigenvalue weighted by Crippen LogP contribution is -2.63. The Hall–Kier alpha value is -2.14. The fourth-order valence-corrected chi connectivity index (χ4v) is 13.3. The van der Waals surface area contributed by atoms with Gasteiger partial charge < -0.3 is 14.9 Å². The van der Waals surface area contributed by atoms with Gasteiger partial charge in [-0.1, -0.05) is 61.0 Å². The van der Waals surface area contributed by atoms with E-state index in [1.54, 1.807) is 24.3 Å². The summed E-state index contributed by atoms with van der Waals surface area (Å²) in [6.07, 6.45) is 11.5. The van der Waals surface area contributed by atoms with Crippen LogP contribution in [0.3, 0.4) is 0 Å². The normalized spacial score (nSPS) is 38.8. The van der Waals surface area contributed by atoms with Gasteiger partial charge in [-0.25, -0.2) is 0 Å². The maximum atomic E-state index is 14.2. The van der Waals surface area contributed by atoms with Gasteiger partial charge in [0.25, 0.3) is 5.91 Å². The predicted octanol–water partition coefficient (Wildman–Crippen LogP) is 9.40. The summed E-state index contributed by atoms with van der Waals surface area (Å²) >= 11 is 0. The van der Waals surface area contributed by atoms with E-state index in [4.69, 9.17) is 0 Å².